The maximum Gasteiger partial charge on any atom is 0.224 e. The Morgan fingerprint density at radius 1 is 1.00 bits per heavy atom. The van der Waals surface area contributed by atoms with Crippen molar-refractivity contribution in [3.8, 4) is 0 Å². The number of pyridine rings is 1. The zero-order valence-electron chi connectivity index (χ0n) is 17.2. The first-order valence-corrected chi connectivity index (χ1v) is 11.0. The monoisotopic (exact) mass is 392 g/mol. The van der Waals surface area contributed by atoms with Crippen molar-refractivity contribution in [2.75, 3.05) is 26.2 Å². The third kappa shape index (κ3) is 5.64. The molecular formula is C24H32N4O. The van der Waals surface area contributed by atoms with E-state index in [1.165, 1.54) is 12.8 Å². The Morgan fingerprint density at radius 3 is 2.55 bits per heavy atom. The molecule has 5 nitrogen and oxygen atoms in total. The number of benzene rings is 1. The van der Waals surface area contributed by atoms with E-state index in [0.717, 1.165) is 56.8 Å². The van der Waals surface area contributed by atoms with Crippen LogP contribution in [0.5, 0.6) is 0 Å². The van der Waals surface area contributed by atoms with Gasteiger partial charge in [-0.3, -0.25) is 19.6 Å². The first-order chi connectivity index (χ1) is 14.3. The van der Waals surface area contributed by atoms with E-state index < -0.39 is 0 Å². The SMILES string of the molecule is O=C(NCc1ccccc1)[C@H]1CCCN(C2CCN(Cc3ccccn3)CC2)C1. The second-order valence-electron chi connectivity index (χ2n) is 8.37. The quantitative estimate of drug-likeness (QED) is 0.821. The first-order valence-electron chi connectivity index (χ1n) is 11.0. The summed E-state index contributed by atoms with van der Waals surface area (Å²) in [6.07, 6.45) is 6.38. The van der Waals surface area contributed by atoms with Crippen LogP contribution in [0.4, 0.5) is 0 Å². The largest absolute Gasteiger partial charge is 0.352 e. The summed E-state index contributed by atoms with van der Waals surface area (Å²) in [6, 6.07) is 16.9. The maximum absolute atomic E-state index is 12.7. The summed E-state index contributed by atoms with van der Waals surface area (Å²) in [5, 5.41) is 3.15. The summed E-state index contributed by atoms with van der Waals surface area (Å²) in [5.41, 5.74) is 2.31. The fourth-order valence-corrected chi connectivity index (χ4v) is 4.64. The second kappa shape index (κ2) is 9.99. The third-order valence-electron chi connectivity index (χ3n) is 6.32. The molecule has 2 fully saturated rings. The Morgan fingerprint density at radius 2 is 1.79 bits per heavy atom. The molecule has 1 aromatic heterocycles. The molecule has 29 heavy (non-hydrogen) atoms. The molecule has 1 aromatic carbocycles. The smallest absolute Gasteiger partial charge is 0.224 e. The Labute approximate surface area is 174 Å². The van der Waals surface area contributed by atoms with Crippen molar-refractivity contribution < 1.29 is 4.79 Å². The molecule has 5 heteroatoms. The molecule has 0 aliphatic carbocycles. The van der Waals surface area contributed by atoms with Crippen molar-refractivity contribution in [3.05, 3.63) is 66.0 Å². The van der Waals surface area contributed by atoms with Crippen LogP contribution in [0.25, 0.3) is 0 Å². The van der Waals surface area contributed by atoms with E-state index in [0.29, 0.717) is 12.6 Å². The normalized spacial score (nSPS) is 21.7. The molecule has 0 radical (unpaired) electrons. The lowest BCUT2D eigenvalue weighted by molar-refractivity contribution is -0.127. The molecule has 0 unspecified atom stereocenters. The van der Waals surface area contributed by atoms with Gasteiger partial charge in [-0.25, -0.2) is 0 Å². The molecule has 154 valence electrons. The van der Waals surface area contributed by atoms with Crippen molar-refractivity contribution in [1.82, 2.24) is 20.1 Å². The van der Waals surface area contributed by atoms with Gasteiger partial charge in [-0.2, -0.15) is 0 Å². The zero-order chi connectivity index (χ0) is 19.9. The summed E-state index contributed by atoms with van der Waals surface area (Å²) < 4.78 is 0. The Hall–Kier alpha value is -2.24. The van der Waals surface area contributed by atoms with Crippen LogP contribution in [-0.4, -0.2) is 52.9 Å². The van der Waals surface area contributed by atoms with Crippen LogP contribution in [0.1, 0.15) is 36.9 Å². The minimum absolute atomic E-state index is 0.124. The number of amides is 1. The van der Waals surface area contributed by atoms with E-state index in [1.807, 2.05) is 30.5 Å². The number of aromatic nitrogens is 1. The van der Waals surface area contributed by atoms with Crippen LogP contribution >= 0.6 is 0 Å². The average Bonchev–Trinajstić information content (AvgIpc) is 2.79. The minimum atomic E-state index is 0.124. The number of nitrogens with zero attached hydrogens (tertiary/aromatic N) is 3. The molecule has 0 bridgehead atoms. The van der Waals surface area contributed by atoms with Crippen molar-refractivity contribution >= 4 is 5.91 Å². The molecular weight excluding hydrogens is 360 g/mol. The predicted octanol–water partition coefficient (Wildman–Crippen LogP) is 3.07. The lowest BCUT2D eigenvalue weighted by Gasteiger charge is -2.42. The van der Waals surface area contributed by atoms with Gasteiger partial charge < -0.3 is 5.32 Å². The van der Waals surface area contributed by atoms with E-state index in [9.17, 15) is 4.79 Å². The highest BCUT2D eigenvalue weighted by Gasteiger charge is 2.31. The first kappa shape index (κ1) is 20.0. The summed E-state index contributed by atoms with van der Waals surface area (Å²) in [5.74, 6) is 0.338. The third-order valence-corrected chi connectivity index (χ3v) is 6.32. The van der Waals surface area contributed by atoms with Crippen molar-refractivity contribution in [2.24, 2.45) is 5.92 Å². The number of carbonyl (C=O) groups excluding carboxylic acids is 1. The van der Waals surface area contributed by atoms with Crippen LogP contribution in [0.3, 0.4) is 0 Å². The Balaban J connectivity index is 1.23. The number of hydrogen-bond acceptors (Lipinski definition) is 4. The van der Waals surface area contributed by atoms with Gasteiger partial charge in [0.2, 0.25) is 5.91 Å². The van der Waals surface area contributed by atoms with E-state index in [1.54, 1.807) is 0 Å². The molecule has 2 aliphatic rings. The van der Waals surface area contributed by atoms with E-state index in [2.05, 4.69) is 44.4 Å². The number of nitrogens with one attached hydrogen (secondary N) is 1. The highest BCUT2D eigenvalue weighted by molar-refractivity contribution is 5.79. The van der Waals surface area contributed by atoms with Crippen molar-refractivity contribution in [2.45, 2.75) is 44.8 Å². The summed E-state index contributed by atoms with van der Waals surface area (Å²) in [4.78, 5) is 22.2. The molecule has 2 aliphatic heterocycles. The second-order valence-corrected chi connectivity index (χ2v) is 8.37. The minimum Gasteiger partial charge on any atom is -0.352 e. The van der Waals surface area contributed by atoms with Crippen LogP contribution < -0.4 is 5.32 Å². The molecule has 1 amide bonds. The van der Waals surface area contributed by atoms with E-state index in [-0.39, 0.29) is 11.8 Å². The van der Waals surface area contributed by atoms with Gasteiger partial charge in [-0.15, -0.1) is 0 Å². The lowest BCUT2D eigenvalue weighted by Crippen LogP contribution is -2.50. The van der Waals surface area contributed by atoms with Crippen molar-refractivity contribution in [1.29, 1.82) is 0 Å². The average molecular weight is 393 g/mol. The molecule has 2 saturated heterocycles. The molecule has 0 saturated carbocycles. The fraction of sp³-hybridized carbons (Fsp3) is 0.500. The van der Waals surface area contributed by atoms with Crippen LogP contribution in [0.2, 0.25) is 0 Å². The number of rotatable bonds is 6. The van der Waals surface area contributed by atoms with Crippen molar-refractivity contribution in [3.63, 3.8) is 0 Å². The van der Waals surface area contributed by atoms with Crippen LogP contribution in [-0.2, 0) is 17.9 Å². The number of likely N-dealkylation sites (tertiary alicyclic amines) is 2. The standard InChI is InChI=1S/C24H32N4O/c29-24(26-17-20-7-2-1-3-8-20)21-9-6-14-28(18-21)23-11-15-27(16-12-23)19-22-10-4-5-13-25-22/h1-5,7-8,10,13,21,23H,6,9,11-12,14-19H2,(H,26,29)/t21-/m0/s1. The van der Waals surface area contributed by atoms with Gasteiger partial charge in [-0.1, -0.05) is 36.4 Å². The zero-order valence-corrected chi connectivity index (χ0v) is 17.2. The van der Waals surface area contributed by atoms with Gasteiger partial charge >= 0.3 is 0 Å². The molecule has 1 N–H and O–H groups in total. The fourth-order valence-electron chi connectivity index (χ4n) is 4.64. The highest BCUT2D eigenvalue weighted by atomic mass is 16.1. The van der Waals surface area contributed by atoms with E-state index >= 15 is 0 Å². The predicted molar refractivity (Wildman–Crippen MR) is 115 cm³/mol. The Kier molecular flexibility index (Phi) is 6.91. The lowest BCUT2D eigenvalue weighted by atomic mass is 9.93. The van der Waals surface area contributed by atoms with Gasteiger partial charge in [-0.05, 0) is 49.9 Å². The van der Waals surface area contributed by atoms with E-state index in [4.69, 9.17) is 0 Å². The maximum atomic E-state index is 12.7. The van der Waals surface area contributed by atoms with Gasteiger partial charge in [0, 0.05) is 45.0 Å². The van der Waals surface area contributed by atoms with Crippen LogP contribution in [0, 0.1) is 5.92 Å². The number of piperidine rings is 2. The van der Waals surface area contributed by atoms with Gasteiger partial charge in [0.25, 0.3) is 0 Å². The summed E-state index contributed by atoms with van der Waals surface area (Å²) in [7, 11) is 0. The topological polar surface area (TPSA) is 48.5 Å². The molecule has 1 atom stereocenters. The molecule has 0 spiro atoms. The van der Waals surface area contributed by atoms with Gasteiger partial charge in [0.1, 0.15) is 0 Å². The summed E-state index contributed by atoms with van der Waals surface area (Å²) >= 11 is 0. The molecule has 4 rings (SSSR count). The molecule has 2 aromatic rings. The number of carbonyl (C=O) groups is 1. The van der Waals surface area contributed by atoms with Gasteiger partial charge in [0.15, 0.2) is 0 Å². The molecule has 3 heterocycles. The highest BCUT2D eigenvalue weighted by Crippen LogP contribution is 2.24. The van der Waals surface area contributed by atoms with Gasteiger partial charge in [0.05, 0.1) is 11.6 Å². The number of hydrogen-bond donors (Lipinski definition) is 1. The van der Waals surface area contributed by atoms with Crippen LogP contribution in [0.15, 0.2) is 54.7 Å². The Bertz CT molecular complexity index is 759. The summed E-state index contributed by atoms with van der Waals surface area (Å²) in [6.45, 7) is 5.84.